The predicted octanol–water partition coefficient (Wildman–Crippen LogP) is 4.18. The van der Waals surface area contributed by atoms with Crippen molar-refractivity contribution in [2.24, 2.45) is 0 Å². The second-order valence-corrected chi connectivity index (χ2v) is 6.22. The minimum atomic E-state index is -0.163. The van der Waals surface area contributed by atoms with Crippen molar-refractivity contribution in [3.05, 3.63) is 33.3 Å². The van der Waals surface area contributed by atoms with Crippen LogP contribution in [0.1, 0.15) is 42.5 Å². The standard InChI is InChI=1S/C15H19BrClNO2/c16-13-8-4-7-12(14(13)17)15(19)18-9-10-20-11-5-2-1-3-6-11/h4,7-8,11H,1-3,5-6,9-10H2,(H,18,19). The number of carbonyl (C=O) groups excluding carboxylic acids is 1. The molecule has 0 atom stereocenters. The van der Waals surface area contributed by atoms with Crippen molar-refractivity contribution in [2.45, 2.75) is 38.2 Å². The van der Waals surface area contributed by atoms with Gasteiger partial charge in [-0.1, -0.05) is 36.9 Å². The van der Waals surface area contributed by atoms with Gasteiger partial charge in [0.15, 0.2) is 0 Å². The van der Waals surface area contributed by atoms with Crippen LogP contribution in [-0.2, 0) is 4.74 Å². The van der Waals surface area contributed by atoms with Crippen molar-refractivity contribution in [1.82, 2.24) is 5.32 Å². The van der Waals surface area contributed by atoms with Crippen molar-refractivity contribution in [2.75, 3.05) is 13.2 Å². The summed E-state index contributed by atoms with van der Waals surface area (Å²) in [6, 6.07) is 5.32. The van der Waals surface area contributed by atoms with Gasteiger partial charge in [-0.3, -0.25) is 4.79 Å². The largest absolute Gasteiger partial charge is 0.376 e. The number of nitrogens with one attached hydrogen (secondary N) is 1. The number of carbonyl (C=O) groups is 1. The zero-order chi connectivity index (χ0) is 14.4. The summed E-state index contributed by atoms with van der Waals surface area (Å²) in [6.07, 6.45) is 6.49. The smallest absolute Gasteiger partial charge is 0.252 e. The Kier molecular flexibility index (Phi) is 6.33. The summed E-state index contributed by atoms with van der Waals surface area (Å²) in [5.41, 5.74) is 0.485. The molecule has 1 saturated carbocycles. The number of ether oxygens (including phenoxy) is 1. The molecule has 1 aliphatic carbocycles. The molecule has 0 saturated heterocycles. The van der Waals surface area contributed by atoms with Crippen LogP contribution in [0.2, 0.25) is 5.02 Å². The average molecular weight is 361 g/mol. The molecule has 0 aliphatic heterocycles. The Morgan fingerprint density at radius 2 is 2.10 bits per heavy atom. The first kappa shape index (κ1) is 15.8. The van der Waals surface area contributed by atoms with Gasteiger partial charge in [0.05, 0.1) is 23.3 Å². The van der Waals surface area contributed by atoms with Crippen LogP contribution in [0.15, 0.2) is 22.7 Å². The lowest BCUT2D eigenvalue weighted by atomic mass is 9.98. The summed E-state index contributed by atoms with van der Waals surface area (Å²) in [6.45, 7) is 1.07. The molecule has 110 valence electrons. The van der Waals surface area contributed by atoms with Crippen LogP contribution in [0.4, 0.5) is 0 Å². The quantitative estimate of drug-likeness (QED) is 0.800. The first-order chi connectivity index (χ1) is 9.68. The van der Waals surface area contributed by atoms with E-state index in [1.54, 1.807) is 12.1 Å². The molecular weight excluding hydrogens is 342 g/mol. The van der Waals surface area contributed by atoms with Crippen LogP contribution >= 0.6 is 27.5 Å². The molecular formula is C15H19BrClNO2. The topological polar surface area (TPSA) is 38.3 Å². The number of hydrogen-bond acceptors (Lipinski definition) is 2. The summed E-state index contributed by atoms with van der Waals surface area (Å²) in [4.78, 5) is 12.0. The minimum absolute atomic E-state index is 0.163. The van der Waals surface area contributed by atoms with Crippen molar-refractivity contribution < 1.29 is 9.53 Å². The highest BCUT2D eigenvalue weighted by atomic mass is 79.9. The normalized spacial score (nSPS) is 16.1. The van der Waals surface area contributed by atoms with Gasteiger partial charge in [0.25, 0.3) is 5.91 Å². The van der Waals surface area contributed by atoms with E-state index in [0.717, 1.165) is 17.3 Å². The van der Waals surface area contributed by atoms with Crippen LogP contribution in [0.5, 0.6) is 0 Å². The van der Waals surface area contributed by atoms with E-state index in [2.05, 4.69) is 21.2 Å². The van der Waals surface area contributed by atoms with Gasteiger partial charge in [-0.15, -0.1) is 0 Å². The molecule has 1 aromatic carbocycles. The summed E-state index contributed by atoms with van der Waals surface area (Å²) < 4.78 is 6.49. The Balaban J connectivity index is 1.73. The van der Waals surface area contributed by atoms with Crippen molar-refractivity contribution >= 4 is 33.4 Å². The van der Waals surface area contributed by atoms with Gasteiger partial charge in [-0.05, 0) is 40.9 Å². The Labute approximate surface area is 133 Å². The van der Waals surface area contributed by atoms with Crippen LogP contribution in [0.3, 0.4) is 0 Å². The maximum atomic E-state index is 12.0. The number of rotatable bonds is 5. The number of benzene rings is 1. The Hall–Kier alpha value is -0.580. The van der Waals surface area contributed by atoms with Crippen molar-refractivity contribution in [3.63, 3.8) is 0 Å². The van der Waals surface area contributed by atoms with Crippen molar-refractivity contribution in [1.29, 1.82) is 0 Å². The second kappa shape index (κ2) is 8.01. The highest BCUT2D eigenvalue weighted by Gasteiger charge is 2.14. The van der Waals surface area contributed by atoms with E-state index in [1.165, 1.54) is 19.3 Å². The van der Waals surface area contributed by atoms with Crippen LogP contribution in [0.25, 0.3) is 0 Å². The van der Waals surface area contributed by atoms with E-state index in [1.807, 2.05) is 6.07 Å². The lowest BCUT2D eigenvalue weighted by Gasteiger charge is -2.22. The van der Waals surface area contributed by atoms with Crippen LogP contribution < -0.4 is 5.32 Å². The fraction of sp³-hybridized carbons (Fsp3) is 0.533. The third-order valence-corrected chi connectivity index (χ3v) is 4.79. The van der Waals surface area contributed by atoms with Gasteiger partial charge in [0, 0.05) is 11.0 Å². The zero-order valence-electron chi connectivity index (χ0n) is 11.3. The van der Waals surface area contributed by atoms with E-state index in [0.29, 0.717) is 29.8 Å². The minimum Gasteiger partial charge on any atom is -0.376 e. The van der Waals surface area contributed by atoms with Gasteiger partial charge in [0.2, 0.25) is 0 Å². The molecule has 0 spiro atoms. The van der Waals surface area contributed by atoms with Gasteiger partial charge < -0.3 is 10.1 Å². The molecule has 0 heterocycles. The average Bonchev–Trinajstić information content (AvgIpc) is 2.47. The first-order valence-electron chi connectivity index (χ1n) is 7.02. The number of halogens is 2. The SMILES string of the molecule is O=C(NCCOC1CCCCC1)c1cccc(Br)c1Cl. The van der Waals surface area contributed by atoms with E-state index < -0.39 is 0 Å². The molecule has 5 heteroatoms. The number of hydrogen-bond donors (Lipinski definition) is 1. The third-order valence-electron chi connectivity index (χ3n) is 3.49. The summed E-state index contributed by atoms with van der Waals surface area (Å²) in [5.74, 6) is -0.163. The molecule has 0 unspecified atom stereocenters. The molecule has 0 radical (unpaired) electrons. The van der Waals surface area contributed by atoms with E-state index >= 15 is 0 Å². The molecule has 2 rings (SSSR count). The zero-order valence-corrected chi connectivity index (χ0v) is 13.7. The van der Waals surface area contributed by atoms with Gasteiger partial charge in [-0.25, -0.2) is 0 Å². The lowest BCUT2D eigenvalue weighted by Crippen LogP contribution is -2.29. The molecule has 1 aromatic rings. The molecule has 1 N–H and O–H groups in total. The van der Waals surface area contributed by atoms with Gasteiger partial charge >= 0.3 is 0 Å². The molecule has 1 aliphatic rings. The molecule has 3 nitrogen and oxygen atoms in total. The van der Waals surface area contributed by atoms with Gasteiger partial charge in [0.1, 0.15) is 0 Å². The highest BCUT2D eigenvalue weighted by Crippen LogP contribution is 2.25. The summed E-state index contributed by atoms with van der Waals surface area (Å²) in [7, 11) is 0. The fourth-order valence-electron chi connectivity index (χ4n) is 2.40. The summed E-state index contributed by atoms with van der Waals surface area (Å²) in [5, 5.41) is 3.28. The second-order valence-electron chi connectivity index (χ2n) is 4.99. The molecule has 0 bridgehead atoms. The molecule has 1 fully saturated rings. The van der Waals surface area contributed by atoms with E-state index in [9.17, 15) is 4.79 Å². The lowest BCUT2D eigenvalue weighted by molar-refractivity contribution is 0.0299. The monoisotopic (exact) mass is 359 g/mol. The molecule has 1 amide bonds. The Morgan fingerprint density at radius 1 is 1.35 bits per heavy atom. The Morgan fingerprint density at radius 3 is 2.85 bits per heavy atom. The van der Waals surface area contributed by atoms with Crippen molar-refractivity contribution in [3.8, 4) is 0 Å². The van der Waals surface area contributed by atoms with E-state index in [-0.39, 0.29) is 5.91 Å². The maximum Gasteiger partial charge on any atom is 0.252 e. The predicted molar refractivity (Wildman–Crippen MR) is 84.3 cm³/mol. The fourth-order valence-corrected chi connectivity index (χ4v) is 2.97. The van der Waals surface area contributed by atoms with Crippen LogP contribution in [0, 0.1) is 0 Å². The van der Waals surface area contributed by atoms with Crippen LogP contribution in [-0.4, -0.2) is 25.2 Å². The Bertz CT molecular complexity index is 461. The van der Waals surface area contributed by atoms with Gasteiger partial charge in [-0.2, -0.15) is 0 Å². The third kappa shape index (κ3) is 4.47. The molecule has 0 aromatic heterocycles. The summed E-state index contributed by atoms with van der Waals surface area (Å²) >= 11 is 9.40. The molecule has 20 heavy (non-hydrogen) atoms. The van der Waals surface area contributed by atoms with E-state index in [4.69, 9.17) is 16.3 Å². The first-order valence-corrected chi connectivity index (χ1v) is 8.19. The maximum absolute atomic E-state index is 12.0. The number of amides is 1. The highest BCUT2D eigenvalue weighted by molar-refractivity contribution is 9.10.